The van der Waals surface area contributed by atoms with Crippen LogP contribution in [-0.4, -0.2) is 16.3 Å². The van der Waals surface area contributed by atoms with Crippen LogP contribution >= 0.6 is 11.3 Å². The predicted molar refractivity (Wildman–Crippen MR) is 191 cm³/mol. The van der Waals surface area contributed by atoms with Crippen molar-refractivity contribution in [1.82, 2.24) is 4.98 Å². The molecule has 228 valence electrons. The predicted octanol–water partition coefficient (Wildman–Crippen LogP) is 11.6. The van der Waals surface area contributed by atoms with E-state index in [1.165, 1.54) is 38.1 Å². The average Bonchev–Trinajstić information content (AvgIpc) is 3.36. The van der Waals surface area contributed by atoms with Crippen molar-refractivity contribution in [3.8, 4) is 27.4 Å². The zero-order valence-electron chi connectivity index (χ0n) is 28.2. The SMILES string of the molecule is Cc1ccc(C)c(-c2cc(C(C)(C)C)cc3sc(-c4ccccc4N=Cc4cc(C(C)(C)C)cc(C(C)(C)C)c4O)nc23)c1. The van der Waals surface area contributed by atoms with E-state index in [4.69, 9.17) is 9.98 Å². The molecule has 0 fully saturated rings. The van der Waals surface area contributed by atoms with E-state index < -0.39 is 0 Å². The quantitative estimate of drug-likeness (QED) is 0.208. The van der Waals surface area contributed by atoms with Crippen LogP contribution in [-0.2, 0) is 16.2 Å². The van der Waals surface area contributed by atoms with Gasteiger partial charge in [0.2, 0.25) is 0 Å². The van der Waals surface area contributed by atoms with E-state index in [0.29, 0.717) is 5.75 Å². The molecule has 0 aliphatic rings. The first kappa shape index (κ1) is 31.7. The molecule has 1 heterocycles. The smallest absolute Gasteiger partial charge is 0.128 e. The Morgan fingerprint density at radius 3 is 2.02 bits per heavy atom. The lowest BCUT2D eigenvalue weighted by Crippen LogP contribution is -2.17. The molecule has 0 amide bonds. The Kier molecular flexibility index (Phi) is 8.13. The lowest BCUT2D eigenvalue weighted by molar-refractivity contribution is 0.444. The second-order valence-corrected chi connectivity index (χ2v) is 16.2. The Hall–Kier alpha value is -3.76. The summed E-state index contributed by atoms with van der Waals surface area (Å²) in [6.07, 6.45) is 1.81. The number of benzene rings is 4. The first-order chi connectivity index (χ1) is 20.4. The topological polar surface area (TPSA) is 45.5 Å². The van der Waals surface area contributed by atoms with Gasteiger partial charge in [-0.3, -0.25) is 4.99 Å². The molecule has 1 N–H and O–H groups in total. The highest BCUT2D eigenvalue weighted by Crippen LogP contribution is 2.43. The van der Waals surface area contributed by atoms with Gasteiger partial charge in [0.15, 0.2) is 0 Å². The molecule has 0 aliphatic heterocycles. The van der Waals surface area contributed by atoms with E-state index in [1.54, 1.807) is 11.3 Å². The maximum Gasteiger partial charge on any atom is 0.128 e. The third-order valence-electron chi connectivity index (χ3n) is 8.33. The van der Waals surface area contributed by atoms with Crippen molar-refractivity contribution in [3.63, 3.8) is 0 Å². The Balaban J connectivity index is 1.67. The number of aromatic hydroxyl groups is 1. The van der Waals surface area contributed by atoms with Crippen molar-refractivity contribution in [1.29, 1.82) is 0 Å². The van der Waals surface area contributed by atoms with Gasteiger partial charge in [-0.2, -0.15) is 0 Å². The Bertz CT molecular complexity index is 1890. The summed E-state index contributed by atoms with van der Waals surface area (Å²) < 4.78 is 1.17. The Morgan fingerprint density at radius 1 is 0.705 bits per heavy atom. The molecular formula is C40H46N2OS. The summed E-state index contributed by atoms with van der Waals surface area (Å²) in [6.45, 7) is 24.1. The lowest BCUT2D eigenvalue weighted by atomic mass is 9.79. The number of para-hydroxylation sites is 1. The monoisotopic (exact) mass is 602 g/mol. The number of phenols is 1. The van der Waals surface area contributed by atoms with E-state index in [9.17, 15) is 5.11 Å². The highest BCUT2D eigenvalue weighted by Gasteiger charge is 2.25. The second-order valence-electron chi connectivity index (χ2n) is 15.2. The highest BCUT2D eigenvalue weighted by molar-refractivity contribution is 7.21. The number of rotatable bonds is 4. The van der Waals surface area contributed by atoms with Gasteiger partial charge in [0.05, 0.1) is 15.9 Å². The minimum Gasteiger partial charge on any atom is -0.507 e. The molecular weight excluding hydrogens is 557 g/mol. The molecule has 5 rings (SSSR count). The number of aryl methyl sites for hydroxylation is 2. The minimum atomic E-state index is -0.202. The van der Waals surface area contributed by atoms with Crippen LogP contribution in [0.25, 0.3) is 31.9 Å². The maximum absolute atomic E-state index is 11.3. The van der Waals surface area contributed by atoms with Crippen molar-refractivity contribution in [3.05, 3.63) is 100 Å². The summed E-state index contributed by atoms with van der Waals surface area (Å²) >= 11 is 1.72. The molecule has 0 spiro atoms. The third kappa shape index (κ3) is 6.37. The molecule has 4 heteroatoms. The van der Waals surface area contributed by atoms with Crippen molar-refractivity contribution in [2.45, 2.75) is 92.4 Å². The largest absolute Gasteiger partial charge is 0.507 e. The molecule has 5 aromatic rings. The van der Waals surface area contributed by atoms with Gasteiger partial charge in [-0.15, -0.1) is 11.3 Å². The van der Waals surface area contributed by atoms with Crippen LogP contribution in [0.3, 0.4) is 0 Å². The number of aromatic nitrogens is 1. The standard InChI is InChI=1S/C40H46N2OS/c1-24-16-17-25(2)30(18-24)31-20-28(39(6,7)8)22-34-35(31)42-37(44-34)29-14-12-13-15-33(29)41-23-26-19-27(38(3,4)5)21-32(36(26)43)40(9,10)11/h12-23,43H,1-11H3. The van der Waals surface area contributed by atoms with Crippen molar-refractivity contribution >= 4 is 33.5 Å². The number of thiazole rings is 1. The lowest BCUT2D eigenvalue weighted by Gasteiger charge is -2.27. The fourth-order valence-electron chi connectivity index (χ4n) is 5.48. The Morgan fingerprint density at radius 2 is 1.36 bits per heavy atom. The minimum absolute atomic E-state index is 0.00251. The van der Waals surface area contributed by atoms with Crippen LogP contribution in [0.15, 0.2) is 71.7 Å². The normalized spacial score (nSPS) is 12.9. The van der Waals surface area contributed by atoms with Crippen molar-refractivity contribution in [2.75, 3.05) is 0 Å². The molecule has 44 heavy (non-hydrogen) atoms. The Labute approximate surface area is 267 Å². The zero-order chi connectivity index (χ0) is 32.2. The number of hydrogen-bond donors (Lipinski definition) is 1. The molecule has 3 nitrogen and oxygen atoms in total. The fraction of sp³-hybridized carbons (Fsp3) is 0.350. The molecule has 4 aromatic carbocycles. The highest BCUT2D eigenvalue weighted by atomic mass is 32.1. The summed E-state index contributed by atoms with van der Waals surface area (Å²) in [5.74, 6) is 0.291. The molecule has 0 atom stereocenters. The first-order valence-electron chi connectivity index (χ1n) is 15.5. The summed E-state index contributed by atoms with van der Waals surface area (Å²) in [7, 11) is 0. The summed E-state index contributed by atoms with van der Waals surface area (Å²) in [6, 6.07) is 23.7. The van der Waals surface area contributed by atoms with E-state index >= 15 is 0 Å². The van der Waals surface area contributed by atoms with Gasteiger partial charge >= 0.3 is 0 Å². The molecule has 0 radical (unpaired) electrons. The van der Waals surface area contributed by atoms with Gasteiger partial charge in [-0.05, 0) is 82.7 Å². The van der Waals surface area contributed by atoms with Crippen LogP contribution in [0.5, 0.6) is 5.75 Å². The zero-order valence-corrected chi connectivity index (χ0v) is 29.0. The van der Waals surface area contributed by atoms with Crippen molar-refractivity contribution < 1.29 is 5.11 Å². The second kappa shape index (κ2) is 11.3. The molecule has 0 saturated carbocycles. The number of aliphatic imine (C=N–C) groups is 1. The summed E-state index contributed by atoms with van der Waals surface area (Å²) in [5, 5.41) is 12.3. The number of fused-ring (bicyclic) bond motifs is 1. The molecule has 0 bridgehead atoms. The van der Waals surface area contributed by atoms with E-state index in [-0.39, 0.29) is 16.2 Å². The summed E-state index contributed by atoms with van der Waals surface area (Å²) in [4.78, 5) is 10.2. The van der Waals surface area contributed by atoms with Crippen LogP contribution in [0, 0.1) is 13.8 Å². The van der Waals surface area contributed by atoms with Gasteiger partial charge in [0, 0.05) is 28.5 Å². The summed E-state index contributed by atoms with van der Waals surface area (Å²) in [5.41, 5.74) is 11.6. The molecule has 0 aliphatic carbocycles. The van der Waals surface area contributed by atoms with E-state index in [0.717, 1.165) is 32.9 Å². The van der Waals surface area contributed by atoms with Gasteiger partial charge in [-0.1, -0.05) is 104 Å². The van der Waals surface area contributed by atoms with Gasteiger partial charge in [0.25, 0.3) is 0 Å². The molecule has 0 saturated heterocycles. The van der Waals surface area contributed by atoms with E-state index in [2.05, 4.69) is 125 Å². The van der Waals surface area contributed by atoms with Gasteiger partial charge in [0.1, 0.15) is 10.8 Å². The number of phenolic OH excluding ortho intramolecular Hbond substituents is 1. The van der Waals surface area contributed by atoms with Crippen LogP contribution in [0.1, 0.15) is 95.7 Å². The van der Waals surface area contributed by atoms with Crippen LogP contribution < -0.4 is 0 Å². The fourth-order valence-corrected chi connectivity index (χ4v) is 6.54. The maximum atomic E-state index is 11.3. The number of nitrogens with zero attached hydrogens (tertiary/aromatic N) is 2. The third-order valence-corrected chi connectivity index (χ3v) is 9.37. The van der Waals surface area contributed by atoms with Crippen LogP contribution in [0.2, 0.25) is 0 Å². The first-order valence-corrected chi connectivity index (χ1v) is 16.3. The van der Waals surface area contributed by atoms with E-state index in [1.807, 2.05) is 24.4 Å². The van der Waals surface area contributed by atoms with Crippen LogP contribution in [0.4, 0.5) is 5.69 Å². The average molecular weight is 603 g/mol. The van der Waals surface area contributed by atoms with Crippen molar-refractivity contribution in [2.24, 2.45) is 4.99 Å². The van der Waals surface area contributed by atoms with Gasteiger partial charge < -0.3 is 5.11 Å². The van der Waals surface area contributed by atoms with Gasteiger partial charge in [-0.25, -0.2) is 4.98 Å². The molecule has 1 aromatic heterocycles. The molecule has 0 unspecified atom stereocenters. The number of hydrogen-bond acceptors (Lipinski definition) is 4.